The highest BCUT2D eigenvalue weighted by Crippen LogP contribution is 2.17. The van der Waals surface area contributed by atoms with Crippen LogP contribution < -0.4 is 15.4 Å². The van der Waals surface area contributed by atoms with Gasteiger partial charge in [0.1, 0.15) is 12.4 Å². The van der Waals surface area contributed by atoms with Crippen LogP contribution in [-0.4, -0.2) is 59.1 Å². The zero-order valence-electron chi connectivity index (χ0n) is 15.8. The molecule has 6 nitrogen and oxygen atoms in total. The van der Waals surface area contributed by atoms with Crippen molar-refractivity contribution in [2.75, 3.05) is 53.2 Å². The first-order valence-electron chi connectivity index (χ1n) is 9.37. The topological polar surface area (TPSA) is 64.1 Å². The number of ether oxygens (including phenoxy) is 3. The molecular weight excluding hydrogens is 356 g/mol. The number of nitrogens with zero attached hydrogens (tertiary/aromatic N) is 1. The summed E-state index contributed by atoms with van der Waals surface area (Å²) in [5.74, 6) is -0.0462. The molecule has 27 heavy (non-hydrogen) atoms. The average molecular weight is 385 g/mol. The smallest absolute Gasteiger partial charge is 0.191 e. The molecule has 152 valence electrons. The van der Waals surface area contributed by atoms with Gasteiger partial charge in [-0.15, -0.1) is 0 Å². The van der Waals surface area contributed by atoms with E-state index in [0.717, 1.165) is 57.8 Å². The van der Waals surface area contributed by atoms with Gasteiger partial charge in [0.05, 0.1) is 6.54 Å². The lowest BCUT2D eigenvalue weighted by molar-refractivity contribution is 0.0203. The third-order valence-electron chi connectivity index (χ3n) is 4.22. The standard InChI is InChI=1S/C19H29F2N3O3/c1-22-19(23-7-2-9-26-14-15-5-10-25-11-6-15)24-8-12-27-18-4-3-16(20)13-17(18)21/h3-4,13,15H,2,5-12,14H2,1H3,(H2,22,23,24). The number of rotatable bonds is 10. The Morgan fingerprint density at radius 1 is 1.19 bits per heavy atom. The highest BCUT2D eigenvalue weighted by atomic mass is 19.1. The van der Waals surface area contributed by atoms with Gasteiger partial charge in [-0.1, -0.05) is 0 Å². The van der Waals surface area contributed by atoms with Crippen LogP contribution in [0.4, 0.5) is 8.78 Å². The van der Waals surface area contributed by atoms with Crippen molar-refractivity contribution in [3.05, 3.63) is 29.8 Å². The summed E-state index contributed by atoms with van der Waals surface area (Å²) in [6.07, 6.45) is 3.04. The van der Waals surface area contributed by atoms with Gasteiger partial charge in [0.15, 0.2) is 17.5 Å². The van der Waals surface area contributed by atoms with Crippen molar-refractivity contribution >= 4 is 5.96 Å². The predicted molar refractivity (Wildman–Crippen MR) is 100 cm³/mol. The summed E-state index contributed by atoms with van der Waals surface area (Å²) in [6.45, 7) is 4.60. The lowest BCUT2D eigenvalue weighted by Gasteiger charge is -2.21. The maximum atomic E-state index is 13.5. The van der Waals surface area contributed by atoms with Gasteiger partial charge in [-0.3, -0.25) is 4.99 Å². The molecule has 1 heterocycles. The second-order valence-corrected chi connectivity index (χ2v) is 6.33. The molecule has 0 unspecified atom stereocenters. The van der Waals surface area contributed by atoms with Crippen LogP contribution in [-0.2, 0) is 9.47 Å². The van der Waals surface area contributed by atoms with Gasteiger partial charge in [-0.05, 0) is 37.3 Å². The molecule has 0 atom stereocenters. The van der Waals surface area contributed by atoms with Gasteiger partial charge in [-0.25, -0.2) is 8.78 Å². The summed E-state index contributed by atoms with van der Waals surface area (Å²) in [5.41, 5.74) is 0. The molecule has 0 aromatic heterocycles. The summed E-state index contributed by atoms with van der Waals surface area (Å²) in [7, 11) is 1.68. The van der Waals surface area contributed by atoms with Gasteiger partial charge in [-0.2, -0.15) is 0 Å². The molecule has 2 N–H and O–H groups in total. The Labute approximate surface area is 159 Å². The highest BCUT2D eigenvalue weighted by Gasteiger charge is 2.13. The van der Waals surface area contributed by atoms with Crippen molar-refractivity contribution in [3.63, 3.8) is 0 Å². The fourth-order valence-corrected chi connectivity index (χ4v) is 2.69. The van der Waals surface area contributed by atoms with E-state index in [1.54, 1.807) is 7.05 Å². The molecule has 0 aliphatic carbocycles. The molecular formula is C19H29F2N3O3. The number of guanidine groups is 1. The van der Waals surface area contributed by atoms with E-state index in [1.807, 2.05) is 0 Å². The monoisotopic (exact) mass is 385 g/mol. The van der Waals surface area contributed by atoms with E-state index < -0.39 is 11.6 Å². The second-order valence-electron chi connectivity index (χ2n) is 6.33. The van der Waals surface area contributed by atoms with Crippen LogP contribution in [0.15, 0.2) is 23.2 Å². The fourth-order valence-electron chi connectivity index (χ4n) is 2.69. The number of benzene rings is 1. The summed E-state index contributed by atoms with van der Waals surface area (Å²) in [5, 5.41) is 6.26. The summed E-state index contributed by atoms with van der Waals surface area (Å²) >= 11 is 0. The van der Waals surface area contributed by atoms with Crippen LogP contribution in [0.25, 0.3) is 0 Å². The normalized spacial score (nSPS) is 15.6. The van der Waals surface area contributed by atoms with E-state index in [0.29, 0.717) is 25.0 Å². The van der Waals surface area contributed by atoms with Gasteiger partial charge in [0.25, 0.3) is 0 Å². The first-order valence-corrected chi connectivity index (χ1v) is 9.37. The maximum Gasteiger partial charge on any atom is 0.191 e. The molecule has 0 spiro atoms. The molecule has 8 heteroatoms. The van der Waals surface area contributed by atoms with Crippen molar-refractivity contribution < 1.29 is 23.0 Å². The molecule has 1 aromatic carbocycles. The van der Waals surface area contributed by atoms with Crippen molar-refractivity contribution in [1.82, 2.24) is 10.6 Å². The Balaban J connectivity index is 1.50. The Hall–Kier alpha value is -1.93. The van der Waals surface area contributed by atoms with Crippen LogP contribution in [0.5, 0.6) is 5.75 Å². The zero-order valence-corrected chi connectivity index (χ0v) is 15.8. The SMILES string of the molecule is CN=C(NCCCOCC1CCOCC1)NCCOc1ccc(F)cc1F. The Kier molecular flexibility index (Phi) is 9.86. The third kappa shape index (κ3) is 8.53. The zero-order chi connectivity index (χ0) is 19.3. The molecule has 0 bridgehead atoms. The molecule has 1 saturated heterocycles. The Morgan fingerprint density at radius 3 is 2.70 bits per heavy atom. The molecule has 0 radical (unpaired) electrons. The predicted octanol–water partition coefficient (Wildman–Crippen LogP) is 2.34. The molecule has 1 aromatic rings. The number of nitrogens with one attached hydrogen (secondary N) is 2. The van der Waals surface area contributed by atoms with Crippen LogP contribution in [0.2, 0.25) is 0 Å². The van der Waals surface area contributed by atoms with E-state index in [9.17, 15) is 8.78 Å². The third-order valence-corrected chi connectivity index (χ3v) is 4.22. The molecule has 1 aliphatic heterocycles. The summed E-state index contributed by atoms with van der Waals surface area (Å²) < 4.78 is 42.6. The molecule has 1 aliphatic rings. The molecule has 1 fully saturated rings. The van der Waals surface area contributed by atoms with Gasteiger partial charge in [0, 0.05) is 46.1 Å². The van der Waals surface area contributed by atoms with Gasteiger partial charge < -0.3 is 24.8 Å². The van der Waals surface area contributed by atoms with Crippen molar-refractivity contribution in [3.8, 4) is 5.75 Å². The Morgan fingerprint density at radius 2 is 1.96 bits per heavy atom. The number of hydrogen-bond acceptors (Lipinski definition) is 4. The average Bonchev–Trinajstić information content (AvgIpc) is 2.68. The van der Waals surface area contributed by atoms with Crippen molar-refractivity contribution in [1.29, 1.82) is 0 Å². The summed E-state index contributed by atoms with van der Waals surface area (Å²) in [4.78, 5) is 4.11. The van der Waals surface area contributed by atoms with Gasteiger partial charge in [0.2, 0.25) is 0 Å². The maximum absolute atomic E-state index is 13.5. The fraction of sp³-hybridized carbons (Fsp3) is 0.632. The molecule has 0 amide bonds. The number of hydrogen-bond donors (Lipinski definition) is 2. The van der Waals surface area contributed by atoms with Crippen LogP contribution in [0.1, 0.15) is 19.3 Å². The quantitative estimate of drug-likeness (QED) is 0.368. The summed E-state index contributed by atoms with van der Waals surface area (Å²) in [6, 6.07) is 3.24. The lowest BCUT2D eigenvalue weighted by Crippen LogP contribution is -2.40. The highest BCUT2D eigenvalue weighted by molar-refractivity contribution is 5.79. The lowest BCUT2D eigenvalue weighted by atomic mass is 10.0. The first-order chi connectivity index (χ1) is 13.2. The van der Waals surface area contributed by atoms with Crippen LogP contribution in [0.3, 0.4) is 0 Å². The van der Waals surface area contributed by atoms with Crippen molar-refractivity contribution in [2.24, 2.45) is 10.9 Å². The van der Waals surface area contributed by atoms with E-state index in [4.69, 9.17) is 14.2 Å². The molecule has 0 saturated carbocycles. The second kappa shape index (κ2) is 12.5. The number of halogens is 2. The van der Waals surface area contributed by atoms with E-state index in [-0.39, 0.29) is 12.4 Å². The van der Waals surface area contributed by atoms with E-state index >= 15 is 0 Å². The minimum atomic E-state index is -0.710. The van der Waals surface area contributed by atoms with Crippen molar-refractivity contribution in [2.45, 2.75) is 19.3 Å². The van der Waals surface area contributed by atoms with Crippen LogP contribution in [0, 0.1) is 17.6 Å². The van der Waals surface area contributed by atoms with Gasteiger partial charge >= 0.3 is 0 Å². The number of aliphatic imine (C=N–C) groups is 1. The van der Waals surface area contributed by atoms with E-state index in [2.05, 4.69) is 15.6 Å². The first kappa shape index (κ1) is 21.4. The minimum Gasteiger partial charge on any atom is -0.489 e. The largest absolute Gasteiger partial charge is 0.489 e. The van der Waals surface area contributed by atoms with E-state index in [1.165, 1.54) is 6.07 Å². The minimum absolute atomic E-state index is 0.0304. The molecule has 2 rings (SSSR count). The van der Waals surface area contributed by atoms with Crippen LogP contribution >= 0.6 is 0 Å². The Bertz CT molecular complexity index is 581.